The molecule has 7 nitrogen and oxygen atoms in total. The van der Waals surface area contributed by atoms with E-state index in [1.54, 1.807) is 11.6 Å². The van der Waals surface area contributed by atoms with Crippen molar-refractivity contribution < 1.29 is 4.79 Å². The van der Waals surface area contributed by atoms with Crippen molar-refractivity contribution in [2.24, 2.45) is 13.0 Å². The van der Waals surface area contributed by atoms with E-state index in [9.17, 15) is 9.59 Å². The Morgan fingerprint density at radius 3 is 2.74 bits per heavy atom. The van der Waals surface area contributed by atoms with Gasteiger partial charge in [0.2, 0.25) is 5.91 Å². The zero-order valence-electron chi connectivity index (χ0n) is 13.9. The van der Waals surface area contributed by atoms with Gasteiger partial charge in [-0.15, -0.1) is 0 Å². The molecule has 1 aromatic heterocycles. The average molecular weight is 319 g/mol. The number of amides is 1. The summed E-state index contributed by atoms with van der Waals surface area (Å²) in [5.41, 5.74) is -0.0470. The summed E-state index contributed by atoms with van der Waals surface area (Å²) in [6, 6.07) is -0.146. The molecular formula is C16H25N5O2. The van der Waals surface area contributed by atoms with Gasteiger partial charge in [-0.05, 0) is 25.7 Å². The minimum Gasteiger partial charge on any atom is -0.341 e. The molecule has 0 aliphatic carbocycles. The number of rotatable bonds is 4. The Labute approximate surface area is 136 Å². The van der Waals surface area contributed by atoms with Gasteiger partial charge in [0.15, 0.2) is 0 Å². The Morgan fingerprint density at radius 2 is 2.13 bits per heavy atom. The maximum Gasteiger partial charge on any atom is 0.345 e. The molecule has 0 aromatic carbocycles. The van der Waals surface area contributed by atoms with E-state index in [2.05, 4.69) is 10.4 Å². The van der Waals surface area contributed by atoms with E-state index < -0.39 is 0 Å². The molecule has 0 unspecified atom stereocenters. The van der Waals surface area contributed by atoms with Crippen LogP contribution in [-0.4, -0.2) is 50.8 Å². The standard InChI is InChI=1S/C16H25N5O2/c1-3-21-14(18-19(2)16(21)23)11-12-6-9-20(10-7-12)15(22)13-5-4-8-17-13/h4-5,12-13,17H,3,6-11H2,1-2H3/t13-/m1/s1. The Bertz CT molecular complexity index is 652. The predicted octanol–water partition coefficient (Wildman–Crippen LogP) is -0.0892. The Morgan fingerprint density at radius 1 is 1.39 bits per heavy atom. The first-order valence-corrected chi connectivity index (χ1v) is 8.41. The van der Waals surface area contributed by atoms with Crippen LogP contribution in [0.25, 0.3) is 0 Å². The number of likely N-dealkylation sites (tertiary alicyclic amines) is 1. The highest BCUT2D eigenvalue weighted by atomic mass is 16.2. The third-order valence-electron chi connectivity index (χ3n) is 4.85. The van der Waals surface area contributed by atoms with E-state index >= 15 is 0 Å². The molecule has 1 N–H and O–H groups in total. The molecular weight excluding hydrogens is 294 g/mol. The summed E-state index contributed by atoms with van der Waals surface area (Å²) in [4.78, 5) is 26.3. The number of hydrogen-bond acceptors (Lipinski definition) is 4. The molecule has 0 bridgehead atoms. The topological polar surface area (TPSA) is 72.2 Å². The summed E-state index contributed by atoms with van der Waals surface area (Å²) in [6.07, 6.45) is 6.70. The van der Waals surface area contributed by atoms with Gasteiger partial charge < -0.3 is 4.90 Å². The summed E-state index contributed by atoms with van der Waals surface area (Å²) < 4.78 is 3.15. The zero-order valence-corrected chi connectivity index (χ0v) is 13.9. The molecule has 0 spiro atoms. The molecule has 126 valence electrons. The highest BCUT2D eigenvalue weighted by Gasteiger charge is 2.28. The van der Waals surface area contributed by atoms with E-state index in [1.807, 2.05) is 24.0 Å². The number of nitrogens with zero attached hydrogens (tertiary/aromatic N) is 4. The van der Waals surface area contributed by atoms with Gasteiger partial charge in [0.1, 0.15) is 11.9 Å². The molecule has 7 heteroatoms. The van der Waals surface area contributed by atoms with Crippen molar-refractivity contribution in [1.82, 2.24) is 24.6 Å². The lowest BCUT2D eigenvalue weighted by Gasteiger charge is -2.33. The van der Waals surface area contributed by atoms with Crippen LogP contribution in [0, 0.1) is 5.92 Å². The Balaban J connectivity index is 1.57. The largest absolute Gasteiger partial charge is 0.345 e. The maximum absolute atomic E-state index is 12.4. The minimum absolute atomic E-state index is 0.0470. The smallest absolute Gasteiger partial charge is 0.341 e. The molecule has 1 amide bonds. The van der Waals surface area contributed by atoms with Gasteiger partial charge in [0, 0.05) is 39.6 Å². The highest BCUT2D eigenvalue weighted by Crippen LogP contribution is 2.21. The maximum atomic E-state index is 12.4. The lowest BCUT2D eigenvalue weighted by atomic mass is 9.93. The number of aryl methyl sites for hydroxylation is 1. The van der Waals surface area contributed by atoms with Crippen LogP contribution in [0.15, 0.2) is 16.9 Å². The molecule has 1 saturated heterocycles. The number of carbonyl (C=O) groups excluding carboxylic acids is 1. The Kier molecular flexibility index (Phi) is 4.66. The van der Waals surface area contributed by atoms with Gasteiger partial charge in [-0.1, -0.05) is 12.2 Å². The molecule has 0 saturated carbocycles. The van der Waals surface area contributed by atoms with Crippen LogP contribution in [0.3, 0.4) is 0 Å². The van der Waals surface area contributed by atoms with Gasteiger partial charge in [0.25, 0.3) is 0 Å². The lowest BCUT2D eigenvalue weighted by molar-refractivity contribution is -0.133. The van der Waals surface area contributed by atoms with Crippen LogP contribution in [-0.2, 0) is 24.8 Å². The number of hydrogen-bond donors (Lipinski definition) is 1. The second-order valence-corrected chi connectivity index (χ2v) is 6.35. The summed E-state index contributed by atoms with van der Waals surface area (Å²) >= 11 is 0. The second kappa shape index (κ2) is 6.70. The van der Waals surface area contributed by atoms with Crippen LogP contribution >= 0.6 is 0 Å². The third kappa shape index (κ3) is 3.24. The molecule has 1 atom stereocenters. The molecule has 3 heterocycles. The first-order chi connectivity index (χ1) is 11.1. The van der Waals surface area contributed by atoms with Crippen molar-refractivity contribution in [2.75, 3.05) is 19.6 Å². The van der Waals surface area contributed by atoms with Crippen molar-refractivity contribution in [3.05, 3.63) is 28.5 Å². The lowest BCUT2D eigenvalue weighted by Crippen LogP contribution is -2.47. The fraction of sp³-hybridized carbons (Fsp3) is 0.688. The predicted molar refractivity (Wildman–Crippen MR) is 87.1 cm³/mol. The van der Waals surface area contributed by atoms with E-state index in [-0.39, 0.29) is 17.6 Å². The molecule has 1 fully saturated rings. The molecule has 0 radical (unpaired) electrons. The number of piperidine rings is 1. The van der Waals surface area contributed by atoms with Crippen molar-refractivity contribution in [3.63, 3.8) is 0 Å². The zero-order chi connectivity index (χ0) is 16.4. The molecule has 2 aliphatic rings. The van der Waals surface area contributed by atoms with E-state index in [0.717, 1.165) is 44.7 Å². The van der Waals surface area contributed by atoms with Gasteiger partial charge in [-0.3, -0.25) is 14.7 Å². The van der Waals surface area contributed by atoms with Crippen molar-refractivity contribution in [2.45, 2.75) is 38.8 Å². The fourth-order valence-corrected chi connectivity index (χ4v) is 3.47. The number of aromatic nitrogens is 3. The third-order valence-corrected chi connectivity index (χ3v) is 4.85. The summed E-state index contributed by atoms with van der Waals surface area (Å²) in [7, 11) is 1.70. The van der Waals surface area contributed by atoms with Crippen molar-refractivity contribution >= 4 is 5.91 Å². The quantitative estimate of drug-likeness (QED) is 0.788. The summed E-state index contributed by atoms with van der Waals surface area (Å²) in [6.45, 7) is 4.98. The first-order valence-electron chi connectivity index (χ1n) is 8.41. The molecule has 23 heavy (non-hydrogen) atoms. The first kappa shape index (κ1) is 16.0. The van der Waals surface area contributed by atoms with Gasteiger partial charge >= 0.3 is 5.69 Å². The number of carbonyl (C=O) groups is 1. The monoisotopic (exact) mass is 319 g/mol. The van der Waals surface area contributed by atoms with Crippen molar-refractivity contribution in [3.8, 4) is 0 Å². The normalized spacial score (nSPS) is 22.0. The SMILES string of the molecule is CCn1c(CC2CCN(C(=O)[C@H]3C=CCN3)CC2)nn(C)c1=O. The summed E-state index contributed by atoms with van der Waals surface area (Å²) in [5, 5.41) is 7.54. The van der Waals surface area contributed by atoms with E-state index in [1.165, 1.54) is 4.68 Å². The minimum atomic E-state index is -0.146. The average Bonchev–Trinajstić information content (AvgIpc) is 3.17. The van der Waals surface area contributed by atoms with Crippen LogP contribution < -0.4 is 11.0 Å². The van der Waals surface area contributed by atoms with Crippen LogP contribution in [0.4, 0.5) is 0 Å². The molecule has 3 rings (SSSR count). The number of nitrogens with one attached hydrogen (secondary N) is 1. The summed E-state index contributed by atoms with van der Waals surface area (Å²) in [5.74, 6) is 1.53. The fourth-order valence-electron chi connectivity index (χ4n) is 3.47. The van der Waals surface area contributed by atoms with Crippen LogP contribution in [0.5, 0.6) is 0 Å². The highest BCUT2D eigenvalue weighted by molar-refractivity contribution is 5.84. The van der Waals surface area contributed by atoms with E-state index in [4.69, 9.17) is 0 Å². The van der Waals surface area contributed by atoms with Gasteiger partial charge in [-0.25, -0.2) is 9.48 Å². The van der Waals surface area contributed by atoms with Crippen LogP contribution in [0.2, 0.25) is 0 Å². The second-order valence-electron chi connectivity index (χ2n) is 6.35. The Hall–Kier alpha value is -1.89. The molecule has 1 aromatic rings. The van der Waals surface area contributed by atoms with Gasteiger partial charge in [0.05, 0.1) is 0 Å². The van der Waals surface area contributed by atoms with Crippen molar-refractivity contribution in [1.29, 1.82) is 0 Å². The molecule has 2 aliphatic heterocycles. The van der Waals surface area contributed by atoms with Gasteiger partial charge in [-0.2, -0.15) is 5.10 Å². The van der Waals surface area contributed by atoms with E-state index in [0.29, 0.717) is 12.5 Å². The van der Waals surface area contributed by atoms with Crippen LogP contribution in [0.1, 0.15) is 25.6 Å².